The quantitative estimate of drug-likeness (QED) is 0.0200. The molecule has 0 aliphatic rings. The molecule has 0 aromatic carbocycles. The molecule has 326 valence electrons. The predicted octanol–water partition coefficient (Wildman–Crippen LogP) is 12.7. The molecule has 0 radical (unpaired) electrons. The van der Waals surface area contributed by atoms with Gasteiger partial charge in [0.25, 0.3) is 7.82 Å². The van der Waals surface area contributed by atoms with Crippen LogP contribution in [0.25, 0.3) is 0 Å². The summed E-state index contributed by atoms with van der Waals surface area (Å²) in [7, 11) is 1.32. The number of phosphoric acid groups is 1. The molecule has 0 heterocycles. The van der Waals surface area contributed by atoms with Crippen LogP contribution in [-0.4, -0.2) is 70.7 Å². The number of hydrogen-bond acceptors (Lipinski definition) is 7. The molecule has 0 aromatic rings. The van der Waals surface area contributed by atoms with Crippen molar-refractivity contribution in [2.75, 3.05) is 54.1 Å². The number of nitrogens with zero attached hydrogens (tertiary/aromatic N) is 1. The number of carbonyl (C=O) groups is 1. The molecule has 0 amide bonds. The Bertz CT molecular complexity index is 1080. The first-order chi connectivity index (χ1) is 27.1. The van der Waals surface area contributed by atoms with Crippen molar-refractivity contribution >= 4 is 13.8 Å². The third kappa shape index (κ3) is 43.3. The van der Waals surface area contributed by atoms with Crippen molar-refractivity contribution < 1.29 is 37.3 Å². The monoisotopic (exact) mass is 808 g/mol. The fraction of sp³-hybridized carbons (Fsp3) is 0.766. The van der Waals surface area contributed by atoms with Crippen LogP contribution in [0.15, 0.2) is 60.8 Å². The molecule has 0 rings (SSSR count). The molecule has 0 saturated heterocycles. The summed E-state index contributed by atoms with van der Waals surface area (Å²) in [5.74, 6) is -0.390. The van der Waals surface area contributed by atoms with Crippen LogP contribution in [-0.2, 0) is 27.9 Å². The van der Waals surface area contributed by atoms with Crippen LogP contribution >= 0.6 is 7.82 Å². The molecule has 9 heteroatoms. The van der Waals surface area contributed by atoms with E-state index in [0.29, 0.717) is 24.1 Å². The summed E-state index contributed by atoms with van der Waals surface area (Å²) in [4.78, 5) is 25.0. The molecule has 0 bridgehead atoms. The highest BCUT2D eigenvalue weighted by molar-refractivity contribution is 7.45. The van der Waals surface area contributed by atoms with Gasteiger partial charge in [-0.3, -0.25) is 9.36 Å². The second-order valence-corrected chi connectivity index (χ2v) is 17.4. The maximum absolute atomic E-state index is 12.7. The van der Waals surface area contributed by atoms with Crippen LogP contribution in [0, 0.1) is 0 Å². The molecule has 0 saturated carbocycles. The SMILES string of the molecule is CC/C=C\C/C=C\C/C=C\C/C=C\C/C=C\CCCC(=O)OC(COCCCCCCCCCCCCCCCCCCC)COP(=O)([O-])OCC[N+](C)(C)C. The third-order valence-corrected chi connectivity index (χ3v) is 10.3. The van der Waals surface area contributed by atoms with Crippen molar-refractivity contribution in [1.82, 2.24) is 0 Å². The van der Waals surface area contributed by atoms with E-state index in [1.54, 1.807) is 0 Å². The van der Waals surface area contributed by atoms with Gasteiger partial charge in [-0.25, -0.2) is 0 Å². The van der Waals surface area contributed by atoms with Gasteiger partial charge in [-0.15, -0.1) is 0 Å². The van der Waals surface area contributed by atoms with Crippen molar-refractivity contribution in [1.29, 1.82) is 0 Å². The smallest absolute Gasteiger partial charge is 0.306 e. The van der Waals surface area contributed by atoms with Crippen LogP contribution in [0.1, 0.15) is 174 Å². The van der Waals surface area contributed by atoms with Crippen LogP contribution in [0.3, 0.4) is 0 Å². The lowest BCUT2D eigenvalue weighted by Crippen LogP contribution is -2.37. The second-order valence-electron chi connectivity index (χ2n) is 16.0. The van der Waals surface area contributed by atoms with Crippen molar-refractivity contribution in [2.24, 2.45) is 0 Å². The standard InChI is InChI=1S/C47H86NO7P/c1-6-8-10-12-14-16-18-20-22-24-26-28-30-32-34-36-38-40-47(49)55-46(45-54-56(50,51)53-43-41-48(3,4)5)44-52-42-39-37-35-33-31-29-27-25-23-21-19-17-15-13-11-9-7-2/h8,10,14,16,20,22,26,28,32,34,46H,6-7,9,11-13,15,17-19,21,23-25,27,29-31,33,35-45H2,1-5H3/b10-8-,16-14-,22-20-,28-26-,34-32-. The summed E-state index contributed by atoms with van der Waals surface area (Å²) in [6.07, 6.45) is 49.6. The number of phosphoric ester groups is 1. The lowest BCUT2D eigenvalue weighted by molar-refractivity contribution is -0.870. The lowest BCUT2D eigenvalue weighted by Gasteiger charge is -2.28. The summed E-state index contributed by atoms with van der Waals surface area (Å²) in [5, 5.41) is 0. The van der Waals surface area contributed by atoms with Crippen molar-refractivity contribution in [2.45, 2.75) is 180 Å². The van der Waals surface area contributed by atoms with Crippen molar-refractivity contribution in [3.8, 4) is 0 Å². The van der Waals surface area contributed by atoms with Gasteiger partial charge in [0.1, 0.15) is 19.3 Å². The van der Waals surface area contributed by atoms with Crippen LogP contribution < -0.4 is 4.89 Å². The number of hydrogen-bond donors (Lipinski definition) is 0. The summed E-state index contributed by atoms with van der Waals surface area (Å²) in [6.45, 7) is 5.23. The Labute approximate surface area is 345 Å². The number of rotatable bonds is 41. The topological polar surface area (TPSA) is 94.1 Å². The number of quaternary nitrogens is 1. The minimum absolute atomic E-state index is 0.0142. The summed E-state index contributed by atoms with van der Waals surface area (Å²) in [6, 6.07) is 0. The third-order valence-electron chi connectivity index (χ3n) is 9.33. The molecule has 0 fully saturated rings. The highest BCUT2D eigenvalue weighted by atomic mass is 31.2. The maximum atomic E-state index is 12.7. The van der Waals surface area contributed by atoms with E-state index in [1.165, 1.54) is 96.3 Å². The molecule has 0 spiro atoms. The Balaban J connectivity index is 4.31. The average Bonchev–Trinajstić information content (AvgIpc) is 3.15. The predicted molar refractivity (Wildman–Crippen MR) is 236 cm³/mol. The van der Waals surface area contributed by atoms with E-state index in [2.05, 4.69) is 74.6 Å². The second kappa shape index (κ2) is 40.0. The molecule has 0 aliphatic carbocycles. The van der Waals surface area contributed by atoms with Gasteiger partial charge in [0, 0.05) is 13.0 Å². The van der Waals surface area contributed by atoms with E-state index < -0.39 is 13.9 Å². The van der Waals surface area contributed by atoms with Gasteiger partial charge in [0.05, 0.1) is 34.4 Å². The zero-order chi connectivity index (χ0) is 41.3. The van der Waals surface area contributed by atoms with E-state index >= 15 is 0 Å². The number of ether oxygens (including phenoxy) is 2. The molecule has 2 atom stereocenters. The average molecular weight is 808 g/mol. The van der Waals surface area contributed by atoms with E-state index in [4.69, 9.17) is 18.5 Å². The van der Waals surface area contributed by atoms with Crippen LogP contribution in [0.2, 0.25) is 0 Å². The normalized spacial score (nSPS) is 14.3. The fourth-order valence-corrected chi connectivity index (χ4v) is 6.60. The van der Waals surface area contributed by atoms with E-state index in [1.807, 2.05) is 21.1 Å². The first-order valence-corrected chi connectivity index (χ1v) is 24.0. The first-order valence-electron chi connectivity index (χ1n) is 22.5. The largest absolute Gasteiger partial charge is 0.756 e. The minimum Gasteiger partial charge on any atom is -0.756 e. The molecule has 0 aromatic heterocycles. The van der Waals surface area contributed by atoms with Gasteiger partial charge in [0.15, 0.2) is 0 Å². The molecule has 2 unspecified atom stereocenters. The highest BCUT2D eigenvalue weighted by Gasteiger charge is 2.20. The Morgan fingerprint density at radius 1 is 0.571 bits per heavy atom. The van der Waals surface area contributed by atoms with Crippen molar-refractivity contribution in [3.05, 3.63) is 60.8 Å². The van der Waals surface area contributed by atoms with Crippen molar-refractivity contribution in [3.63, 3.8) is 0 Å². The number of unbranched alkanes of at least 4 members (excludes halogenated alkanes) is 17. The zero-order valence-corrected chi connectivity index (χ0v) is 37.7. The van der Waals surface area contributed by atoms with Crippen LogP contribution in [0.4, 0.5) is 0 Å². The molecule has 56 heavy (non-hydrogen) atoms. The molecule has 0 N–H and O–H groups in total. The molecule has 8 nitrogen and oxygen atoms in total. The van der Waals surface area contributed by atoms with Gasteiger partial charge in [-0.2, -0.15) is 0 Å². The number of likely N-dealkylation sites (N-methyl/N-ethyl adjacent to an activating group) is 1. The Morgan fingerprint density at radius 3 is 1.48 bits per heavy atom. The Hall–Kier alpha value is -1.80. The van der Waals surface area contributed by atoms with Gasteiger partial charge in [0.2, 0.25) is 0 Å². The van der Waals surface area contributed by atoms with E-state index in [-0.39, 0.29) is 32.2 Å². The fourth-order valence-electron chi connectivity index (χ4n) is 5.88. The van der Waals surface area contributed by atoms with E-state index in [0.717, 1.165) is 51.4 Å². The van der Waals surface area contributed by atoms with E-state index in [9.17, 15) is 14.3 Å². The summed E-state index contributed by atoms with van der Waals surface area (Å²) < 4.78 is 34.5. The summed E-state index contributed by atoms with van der Waals surface area (Å²) >= 11 is 0. The molecular weight excluding hydrogens is 721 g/mol. The molecule has 0 aliphatic heterocycles. The Morgan fingerprint density at radius 2 is 1.02 bits per heavy atom. The van der Waals surface area contributed by atoms with Crippen LogP contribution in [0.5, 0.6) is 0 Å². The zero-order valence-electron chi connectivity index (χ0n) is 36.8. The first kappa shape index (κ1) is 54.2. The lowest BCUT2D eigenvalue weighted by atomic mass is 10.0. The highest BCUT2D eigenvalue weighted by Crippen LogP contribution is 2.38. The van der Waals surface area contributed by atoms with Gasteiger partial charge in [-0.05, 0) is 51.4 Å². The number of allylic oxidation sites excluding steroid dienone is 10. The summed E-state index contributed by atoms with van der Waals surface area (Å²) in [5.41, 5.74) is 0. The Kier molecular flexibility index (Phi) is 38.7. The van der Waals surface area contributed by atoms with Gasteiger partial charge < -0.3 is 27.9 Å². The van der Waals surface area contributed by atoms with Gasteiger partial charge in [-0.1, -0.05) is 177 Å². The minimum atomic E-state index is -4.54. The number of carbonyl (C=O) groups excluding carboxylic acids is 1. The maximum Gasteiger partial charge on any atom is 0.306 e. The van der Waals surface area contributed by atoms with Gasteiger partial charge >= 0.3 is 5.97 Å². The number of esters is 1. The molecular formula is C47H86NO7P.